The summed E-state index contributed by atoms with van der Waals surface area (Å²) in [6, 6.07) is 13.6. The van der Waals surface area contributed by atoms with Gasteiger partial charge < -0.3 is 14.8 Å². The van der Waals surface area contributed by atoms with Crippen molar-refractivity contribution in [3.05, 3.63) is 69.7 Å². The number of Topliss-reactive ketones (excluding diaryl/α,β-unsaturated/α-hetero) is 1. The molecule has 9 heteroatoms. The fourth-order valence-corrected chi connectivity index (χ4v) is 5.31. The van der Waals surface area contributed by atoms with Crippen LogP contribution in [0.4, 0.5) is 0 Å². The second kappa shape index (κ2) is 9.44. The molecule has 0 saturated heterocycles. The van der Waals surface area contributed by atoms with Crippen LogP contribution in [0, 0.1) is 22.7 Å². The van der Waals surface area contributed by atoms with E-state index in [-0.39, 0.29) is 5.71 Å². The Hall–Kier alpha value is -2.90. The Morgan fingerprint density at radius 3 is 1.76 bits per heavy atom. The third kappa shape index (κ3) is 4.64. The maximum absolute atomic E-state index is 14.8. The molecule has 0 aliphatic carbocycles. The van der Waals surface area contributed by atoms with Crippen LogP contribution in [0.15, 0.2) is 58.8 Å². The summed E-state index contributed by atoms with van der Waals surface area (Å²) < 4.78 is 0. The first-order chi connectivity index (χ1) is 17.2. The summed E-state index contributed by atoms with van der Waals surface area (Å²) in [5.74, 6) is -3.97. The van der Waals surface area contributed by atoms with E-state index in [1.165, 1.54) is 0 Å². The number of carboxylic acids is 1. The lowest BCUT2D eigenvalue weighted by atomic mass is 9.60. The van der Waals surface area contributed by atoms with Crippen LogP contribution in [-0.2, 0) is 19.3 Å². The van der Waals surface area contributed by atoms with Crippen molar-refractivity contribution in [1.82, 2.24) is 0 Å². The Morgan fingerprint density at radius 1 is 0.838 bits per heavy atom. The second-order valence-corrected chi connectivity index (χ2v) is 12.4. The van der Waals surface area contributed by atoms with E-state index in [0.717, 1.165) is 0 Å². The van der Waals surface area contributed by atoms with Gasteiger partial charge in [-0.15, -0.1) is 0 Å². The highest BCUT2D eigenvalue weighted by atomic mass is 35.5. The SMILES string of the molecule is CC(C)(C)C1ON=C(c2ccc(Cl)cc2)C1C(=O)C1(C(C)(C)C)ON=C(c2ccc(Cl)cc2)C1C(=O)O. The molecule has 37 heavy (non-hydrogen) atoms. The topological polar surface area (TPSA) is 97.5 Å². The summed E-state index contributed by atoms with van der Waals surface area (Å²) in [4.78, 5) is 39.6. The van der Waals surface area contributed by atoms with E-state index >= 15 is 0 Å². The van der Waals surface area contributed by atoms with Crippen LogP contribution in [0.3, 0.4) is 0 Å². The zero-order valence-corrected chi connectivity index (χ0v) is 23.1. The summed E-state index contributed by atoms with van der Waals surface area (Å²) in [6.45, 7) is 11.2. The number of ketones is 1. The number of benzene rings is 2. The average Bonchev–Trinajstić information content (AvgIpc) is 3.43. The molecule has 0 aromatic heterocycles. The van der Waals surface area contributed by atoms with Crippen LogP contribution < -0.4 is 0 Å². The van der Waals surface area contributed by atoms with Crippen LogP contribution in [0.25, 0.3) is 0 Å². The third-order valence-electron chi connectivity index (χ3n) is 6.97. The Balaban J connectivity index is 1.88. The summed E-state index contributed by atoms with van der Waals surface area (Å²) >= 11 is 12.1. The first-order valence-corrected chi connectivity index (χ1v) is 12.7. The van der Waals surface area contributed by atoms with Gasteiger partial charge >= 0.3 is 5.97 Å². The predicted octanol–water partition coefficient (Wildman–Crippen LogP) is 6.25. The standard InChI is InChI=1S/C28H30Cl2N2O5/c1-26(2,3)24-19(21(31-36-24)15-7-11-17(29)12-8-15)23(33)28(27(4,5)6)20(25(34)35)22(32-37-28)16-9-13-18(30)14-10-16/h7-14,19-20,24H,1-6H3,(H,34,35). The third-order valence-corrected chi connectivity index (χ3v) is 7.48. The fraction of sp³-hybridized carbons (Fsp3) is 0.429. The van der Waals surface area contributed by atoms with E-state index in [2.05, 4.69) is 10.3 Å². The molecule has 0 amide bonds. The number of aliphatic carboxylic acids is 1. The largest absolute Gasteiger partial charge is 0.481 e. The molecule has 2 aliphatic heterocycles. The maximum Gasteiger partial charge on any atom is 0.317 e. The van der Waals surface area contributed by atoms with Crippen molar-refractivity contribution in [3.8, 4) is 0 Å². The highest BCUT2D eigenvalue weighted by Crippen LogP contribution is 2.50. The Morgan fingerprint density at radius 2 is 1.32 bits per heavy atom. The van der Waals surface area contributed by atoms with E-state index in [1.807, 2.05) is 20.8 Å². The molecule has 0 radical (unpaired) electrons. The molecule has 4 rings (SSSR count). The van der Waals surface area contributed by atoms with E-state index in [1.54, 1.807) is 69.3 Å². The van der Waals surface area contributed by atoms with Gasteiger partial charge in [-0.1, -0.05) is 99.3 Å². The van der Waals surface area contributed by atoms with Gasteiger partial charge in [0.15, 0.2) is 11.7 Å². The number of rotatable bonds is 5. The van der Waals surface area contributed by atoms with E-state index < -0.39 is 46.1 Å². The molecule has 0 spiro atoms. The van der Waals surface area contributed by atoms with Crippen molar-refractivity contribution >= 4 is 46.4 Å². The Kier molecular flexibility index (Phi) is 6.93. The molecule has 2 aliphatic rings. The van der Waals surface area contributed by atoms with Crippen LogP contribution in [0.5, 0.6) is 0 Å². The molecule has 1 N–H and O–H groups in total. The monoisotopic (exact) mass is 544 g/mol. The van der Waals surface area contributed by atoms with Crippen LogP contribution >= 0.6 is 23.2 Å². The number of halogens is 2. The normalized spacial score (nSPS) is 25.7. The van der Waals surface area contributed by atoms with E-state index in [0.29, 0.717) is 26.9 Å². The molecule has 0 bridgehead atoms. The molecule has 196 valence electrons. The average molecular weight is 545 g/mol. The molecule has 2 heterocycles. The van der Waals surface area contributed by atoms with Gasteiger partial charge in [0.1, 0.15) is 23.4 Å². The first-order valence-electron chi connectivity index (χ1n) is 12.0. The van der Waals surface area contributed by atoms with Crippen molar-refractivity contribution in [2.75, 3.05) is 0 Å². The first kappa shape index (κ1) is 27.1. The minimum atomic E-state index is -1.84. The summed E-state index contributed by atoms with van der Waals surface area (Å²) in [5, 5.41) is 20.1. The van der Waals surface area contributed by atoms with Gasteiger partial charge in [0.2, 0.25) is 5.60 Å². The highest BCUT2D eigenvalue weighted by molar-refractivity contribution is 6.31. The maximum atomic E-state index is 14.8. The number of hydrogen-bond donors (Lipinski definition) is 1. The van der Waals surface area contributed by atoms with E-state index in [9.17, 15) is 14.7 Å². The number of carboxylic acid groups (broad SMARTS) is 1. The van der Waals surface area contributed by atoms with Gasteiger partial charge in [-0.2, -0.15) is 0 Å². The molecule has 4 unspecified atom stereocenters. The number of nitrogens with zero attached hydrogens (tertiary/aromatic N) is 2. The van der Waals surface area contributed by atoms with Gasteiger partial charge in [-0.25, -0.2) is 0 Å². The highest BCUT2D eigenvalue weighted by Gasteiger charge is 2.68. The minimum Gasteiger partial charge on any atom is -0.481 e. The zero-order chi connectivity index (χ0) is 27.3. The number of carbonyl (C=O) groups excluding carboxylic acids is 1. The van der Waals surface area contributed by atoms with Crippen molar-refractivity contribution < 1.29 is 24.4 Å². The van der Waals surface area contributed by atoms with Gasteiger partial charge in [0.25, 0.3) is 0 Å². The lowest BCUT2D eigenvalue weighted by molar-refractivity contribution is -0.179. The molecule has 0 saturated carbocycles. The van der Waals surface area contributed by atoms with Crippen LogP contribution in [0.1, 0.15) is 52.7 Å². The zero-order valence-electron chi connectivity index (χ0n) is 21.6. The van der Waals surface area contributed by atoms with Gasteiger partial charge in [-0.05, 0) is 24.3 Å². The quantitative estimate of drug-likeness (QED) is 0.479. The number of carbonyl (C=O) groups is 2. The Bertz CT molecular complexity index is 1270. The minimum absolute atomic E-state index is 0.156. The molecule has 4 atom stereocenters. The van der Waals surface area contributed by atoms with E-state index in [4.69, 9.17) is 32.9 Å². The predicted molar refractivity (Wildman–Crippen MR) is 143 cm³/mol. The molecule has 2 aromatic rings. The smallest absolute Gasteiger partial charge is 0.317 e. The Labute approximate surface area is 226 Å². The lowest BCUT2D eigenvalue weighted by Gasteiger charge is -2.43. The van der Waals surface area contributed by atoms with Crippen molar-refractivity contribution in [3.63, 3.8) is 0 Å². The molecule has 0 fully saturated rings. The molecule has 7 nitrogen and oxygen atoms in total. The van der Waals surface area contributed by atoms with Crippen LogP contribution in [0.2, 0.25) is 10.0 Å². The van der Waals surface area contributed by atoms with Gasteiger partial charge in [0, 0.05) is 32.0 Å². The number of hydrogen-bond acceptors (Lipinski definition) is 6. The van der Waals surface area contributed by atoms with Crippen molar-refractivity contribution in [2.24, 2.45) is 33.0 Å². The number of oxime groups is 2. The molecular formula is C28H30Cl2N2O5. The van der Waals surface area contributed by atoms with Gasteiger partial charge in [-0.3, -0.25) is 9.59 Å². The molecule has 2 aromatic carbocycles. The van der Waals surface area contributed by atoms with Crippen molar-refractivity contribution in [1.29, 1.82) is 0 Å². The van der Waals surface area contributed by atoms with Gasteiger partial charge in [0.05, 0.1) is 0 Å². The summed E-state index contributed by atoms with van der Waals surface area (Å²) in [5.41, 5.74) is -1.60. The summed E-state index contributed by atoms with van der Waals surface area (Å²) in [7, 11) is 0. The van der Waals surface area contributed by atoms with Crippen LogP contribution in [-0.4, -0.2) is 40.0 Å². The lowest BCUT2D eigenvalue weighted by Crippen LogP contribution is -2.62. The summed E-state index contributed by atoms with van der Waals surface area (Å²) in [6.07, 6.45) is -0.664. The van der Waals surface area contributed by atoms with Crippen molar-refractivity contribution in [2.45, 2.75) is 53.2 Å². The molecular weight excluding hydrogens is 515 g/mol. The fourth-order valence-electron chi connectivity index (χ4n) is 5.06. The second-order valence-electron chi connectivity index (χ2n) is 11.5.